The number of thioether (sulfide) groups is 1. The number of amides is 2. The summed E-state index contributed by atoms with van der Waals surface area (Å²) in [5.41, 5.74) is -0.553. The summed E-state index contributed by atoms with van der Waals surface area (Å²) in [4.78, 5) is 61.5. The van der Waals surface area contributed by atoms with Gasteiger partial charge in [-0.05, 0) is 54.4 Å². The van der Waals surface area contributed by atoms with Crippen molar-refractivity contribution < 1.29 is 43.3 Å². The number of ether oxygens (including phenoxy) is 3. The molecule has 0 fully saturated rings. The molecule has 0 spiro atoms. The number of hydrogen-bond acceptors (Lipinski definition) is 10. The third-order valence-electron chi connectivity index (χ3n) is 6.20. The van der Waals surface area contributed by atoms with Gasteiger partial charge in [-0.3, -0.25) is 28.9 Å². The predicted molar refractivity (Wildman–Crippen MR) is 138 cm³/mol. The summed E-state index contributed by atoms with van der Waals surface area (Å²) >= 11 is 1.39. The molecule has 0 aromatic heterocycles. The number of rotatable bonds is 16. The summed E-state index contributed by atoms with van der Waals surface area (Å²) in [6.07, 6.45) is -0.0623. The third kappa shape index (κ3) is 10.1. The number of aliphatic hydroxyl groups excluding tert-OH is 1. The number of esters is 3. The Bertz CT molecular complexity index is 870. The molecule has 1 heterocycles. The molecule has 0 bridgehead atoms. The van der Waals surface area contributed by atoms with E-state index in [1.54, 1.807) is 41.5 Å². The van der Waals surface area contributed by atoms with Crippen LogP contribution in [0.5, 0.6) is 0 Å². The lowest BCUT2D eigenvalue weighted by Crippen LogP contribution is -2.34. The Kier molecular flexibility index (Phi) is 12.8. The first-order valence-electron chi connectivity index (χ1n) is 12.4. The second kappa shape index (κ2) is 14.5. The first-order chi connectivity index (χ1) is 17.1. The average molecular weight is 544 g/mol. The number of carbonyl (C=O) groups is 5. The van der Waals surface area contributed by atoms with Crippen molar-refractivity contribution in [2.24, 2.45) is 10.8 Å². The van der Waals surface area contributed by atoms with E-state index in [4.69, 9.17) is 14.2 Å². The summed E-state index contributed by atoms with van der Waals surface area (Å²) < 4.78 is 15.4. The molecule has 1 aliphatic rings. The normalized spacial score (nSPS) is 15.2. The van der Waals surface area contributed by atoms with E-state index in [0.717, 1.165) is 4.90 Å². The van der Waals surface area contributed by atoms with Gasteiger partial charge in [-0.15, -0.1) is 0 Å². The lowest BCUT2D eigenvalue weighted by atomic mass is 9.91. The monoisotopic (exact) mass is 543 g/mol. The van der Waals surface area contributed by atoms with E-state index in [2.05, 4.69) is 0 Å². The summed E-state index contributed by atoms with van der Waals surface area (Å²) in [5, 5.41) is 9.88. The average Bonchev–Trinajstić information content (AvgIpc) is 3.03. The molecule has 1 unspecified atom stereocenters. The first-order valence-corrected chi connectivity index (χ1v) is 13.6. The summed E-state index contributed by atoms with van der Waals surface area (Å²) in [6, 6.07) is 0. The molecule has 0 aromatic rings. The van der Waals surface area contributed by atoms with E-state index in [1.165, 1.54) is 11.8 Å². The summed E-state index contributed by atoms with van der Waals surface area (Å²) in [5.74, 6) is -1.12. The van der Waals surface area contributed by atoms with Crippen molar-refractivity contribution in [3.8, 4) is 0 Å². The number of aliphatic hydroxyl groups is 1. The first kappa shape index (κ1) is 32.6. The third-order valence-corrected chi connectivity index (χ3v) is 7.62. The molecule has 0 saturated carbocycles. The fourth-order valence-electron chi connectivity index (χ4n) is 2.97. The topological polar surface area (TPSA) is 137 Å². The minimum atomic E-state index is -1.10. The van der Waals surface area contributed by atoms with E-state index >= 15 is 0 Å². The van der Waals surface area contributed by atoms with Crippen LogP contribution in [0, 0.1) is 10.8 Å². The quantitative estimate of drug-likeness (QED) is 0.134. The SMILES string of the molecule is CCC(C)(C)C(=O)OCC(O)COC(=O)CCSCC(C)(C)C(=O)OCCCN1C(=O)C(C)=C(C)C1=O. The second-order valence-electron chi connectivity index (χ2n) is 10.4. The van der Waals surface area contributed by atoms with E-state index < -0.39 is 34.8 Å². The Labute approximate surface area is 223 Å². The van der Waals surface area contributed by atoms with Crippen LogP contribution in [0.2, 0.25) is 0 Å². The van der Waals surface area contributed by atoms with E-state index in [9.17, 15) is 29.1 Å². The molecular formula is C26H41NO9S. The molecular weight excluding hydrogens is 502 g/mol. The fourth-order valence-corrected chi connectivity index (χ4v) is 4.05. The Morgan fingerprint density at radius 3 is 2.03 bits per heavy atom. The van der Waals surface area contributed by atoms with Crippen LogP contribution in [0.4, 0.5) is 0 Å². The molecule has 0 aromatic carbocycles. The number of nitrogens with zero attached hydrogens (tertiary/aromatic N) is 1. The van der Waals surface area contributed by atoms with Crippen molar-refractivity contribution in [2.75, 3.05) is 37.9 Å². The van der Waals surface area contributed by atoms with Crippen LogP contribution in [0.3, 0.4) is 0 Å². The van der Waals surface area contributed by atoms with Crippen LogP contribution in [0.15, 0.2) is 11.1 Å². The minimum Gasteiger partial charge on any atom is -0.465 e. The van der Waals surface area contributed by atoms with Gasteiger partial charge in [-0.1, -0.05) is 6.92 Å². The van der Waals surface area contributed by atoms with Gasteiger partial charge in [0.2, 0.25) is 0 Å². The predicted octanol–water partition coefficient (Wildman–Crippen LogP) is 2.66. The van der Waals surface area contributed by atoms with Crippen LogP contribution in [-0.2, 0) is 38.2 Å². The molecule has 10 nitrogen and oxygen atoms in total. The van der Waals surface area contributed by atoms with Crippen molar-refractivity contribution in [1.82, 2.24) is 4.90 Å². The Hall–Kier alpha value is -2.40. The summed E-state index contributed by atoms with van der Waals surface area (Å²) in [6.45, 7) is 11.8. The van der Waals surface area contributed by atoms with Crippen LogP contribution < -0.4 is 0 Å². The molecule has 1 atom stereocenters. The van der Waals surface area contributed by atoms with Crippen LogP contribution in [0.1, 0.15) is 67.7 Å². The van der Waals surface area contributed by atoms with Crippen molar-refractivity contribution in [2.45, 2.75) is 73.8 Å². The van der Waals surface area contributed by atoms with Gasteiger partial charge in [-0.2, -0.15) is 11.8 Å². The number of hydrogen-bond donors (Lipinski definition) is 1. The largest absolute Gasteiger partial charge is 0.465 e. The van der Waals surface area contributed by atoms with Gasteiger partial charge in [0.15, 0.2) is 0 Å². The van der Waals surface area contributed by atoms with Crippen molar-refractivity contribution in [1.29, 1.82) is 0 Å². The maximum atomic E-state index is 12.4. The maximum Gasteiger partial charge on any atom is 0.312 e. The zero-order valence-electron chi connectivity index (χ0n) is 23.0. The standard InChI is InChI=1S/C26H41NO9S/c1-8-25(4,5)23(32)36-15-19(28)14-35-20(29)10-13-37-16-26(6,7)24(33)34-12-9-11-27-21(30)17(2)18(3)22(27)31/h19,28H,8-16H2,1-7H3. The molecule has 11 heteroatoms. The number of carbonyl (C=O) groups excluding carboxylic acids is 5. The molecule has 1 rings (SSSR count). The van der Waals surface area contributed by atoms with E-state index in [0.29, 0.717) is 35.5 Å². The Morgan fingerprint density at radius 2 is 1.46 bits per heavy atom. The highest BCUT2D eigenvalue weighted by Gasteiger charge is 2.33. The molecule has 0 saturated heterocycles. The molecule has 210 valence electrons. The van der Waals surface area contributed by atoms with Crippen molar-refractivity contribution >= 4 is 41.5 Å². The van der Waals surface area contributed by atoms with Crippen LogP contribution in [0.25, 0.3) is 0 Å². The molecule has 0 aliphatic carbocycles. The van der Waals surface area contributed by atoms with Crippen molar-refractivity contribution in [3.63, 3.8) is 0 Å². The molecule has 2 amide bonds. The lowest BCUT2D eigenvalue weighted by Gasteiger charge is -2.22. The highest BCUT2D eigenvalue weighted by atomic mass is 32.2. The zero-order chi connectivity index (χ0) is 28.4. The molecule has 37 heavy (non-hydrogen) atoms. The minimum absolute atomic E-state index is 0.0853. The van der Waals surface area contributed by atoms with Gasteiger partial charge < -0.3 is 19.3 Å². The van der Waals surface area contributed by atoms with Crippen LogP contribution in [-0.4, -0.2) is 83.7 Å². The van der Waals surface area contributed by atoms with Gasteiger partial charge in [-0.25, -0.2) is 0 Å². The zero-order valence-corrected chi connectivity index (χ0v) is 23.8. The lowest BCUT2D eigenvalue weighted by molar-refractivity contribution is -0.160. The smallest absolute Gasteiger partial charge is 0.312 e. The van der Waals surface area contributed by atoms with Gasteiger partial charge >= 0.3 is 17.9 Å². The van der Waals surface area contributed by atoms with E-state index in [1.807, 2.05) is 6.92 Å². The van der Waals surface area contributed by atoms with Gasteiger partial charge in [0.05, 0.1) is 23.9 Å². The fraction of sp³-hybridized carbons (Fsp3) is 0.731. The highest BCUT2D eigenvalue weighted by Crippen LogP contribution is 2.25. The van der Waals surface area contributed by atoms with Crippen LogP contribution >= 0.6 is 11.8 Å². The van der Waals surface area contributed by atoms with E-state index in [-0.39, 0.29) is 44.6 Å². The maximum absolute atomic E-state index is 12.4. The molecule has 1 N–H and O–H groups in total. The highest BCUT2D eigenvalue weighted by molar-refractivity contribution is 7.99. The van der Waals surface area contributed by atoms with Gasteiger partial charge in [0.25, 0.3) is 11.8 Å². The van der Waals surface area contributed by atoms with Gasteiger partial charge in [0.1, 0.15) is 19.3 Å². The molecule has 0 radical (unpaired) electrons. The molecule has 1 aliphatic heterocycles. The second-order valence-corrected chi connectivity index (χ2v) is 11.5. The van der Waals surface area contributed by atoms with Gasteiger partial charge in [0, 0.05) is 29.2 Å². The Balaban J connectivity index is 2.22. The Morgan fingerprint density at radius 1 is 0.919 bits per heavy atom. The number of imide groups is 1. The summed E-state index contributed by atoms with van der Waals surface area (Å²) in [7, 11) is 0. The van der Waals surface area contributed by atoms with Crippen molar-refractivity contribution in [3.05, 3.63) is 11.1 Å².